The summed E-state index contributed by atoms with van der Waals surface area (Å²) < 4.78 is 5.34. The number of nitrogens with one attached hydrogen (secondary N) is 1. The van der Waals surface area contributed by atoms with Crippen LogP contribution in [-0.4, -0.2) is 40.7 Å². The van der Waals surface area contributed by atoms with E-state index in [4.69, 9.17) is 4.52 Å². The summed E-state index contributed by atoms with van der Waals surface area (Å²) in [6, 6.07) is 0.652. The van der Waals surface area contributed by atoms with Crippen molar-refractivity contribution in [3.05, 3.63) is 11.7 Å². The number of rotatable bonds is 6. The van der Waals surface area contributed by atoms with Crippen LogP contribution in [0.15, 0.2) is 4.52 Å². The molecule has 3 aliphatic rings. The summed E-state index contributed by atoms with van der Waals surface area (Å²) in [5, 5.41) is 7.86. The van der Waals surface area contributed by atoms with E-state index in [9.17, 15) is 0 Å². The molecule has 5 nitrogen and oxygen atoms in total. The molecule has 2 saturated carbocycles. The molecule has 0 radical (unpaired) electrons. The van der Waals surface area contributed by atoms with Crippen LogP contribution in [-0.2, 0) is 6.54 Å². The minimum absolute atomic E-state index is 0.561. The third kappa shape index (κ3) is 3.20. The number of aromatic nitrogens is 2. The number of piperidine rings is 1. The van der Waals surface area contributed by atoms with E-state index in [1.165, 1.54) is 45.1 Å². The lowest BCUT2D eigenvalue weighted by Crippen LogP contribution is -2.45. The summed E-state index contributed by atoms with van der Waals surface area (Å²) in [7, 11) is 0. The highest BCUT2D eigenvalue weighted by molar-refractivity contribution is 5.01. The summed E-state index contributed by atoms with van der Waals surface area (Å²) in [6.45, 7) is 4.35. The van der Waals surface area contributed by atoms with E-state index in [0.717, 1.165) is 37.3 Å². The van der Waals surface area contributed by atoms with E-state index in [1.54, 1.807) is 0 Å². The minimum Gasteiger partial charge on any atom is -0.339 e. The van der Waals surface area contributed by atoms with Gasteiger partial charge in [-0.3, -0.25) is 4.90 Å². The van der Waals surface area contributed by atoms with Crippen LogP contribution in [0.2, 0.25) is 0 Å². The second-order valence-corrected chi connectivity index (χ2v) is 6.75. The van der Waals surface area contributed by atoms with E-state index in [1.807, 2.05) is 0 Å². The number of hydrogen-bond donors (Lipinski definition) is 1. The van der Waals surface area contributed by atoms with Crippen molar-refractivity contribution < 1.29 is 4.52 Å². The van der Waals surface area contributed by atoms with Crippen molar-refractivity contribution in [3.8, 4) is 0 Å². The molecule has 0 unspecified atom stereocenters. The van der Waals surface area contributed by atoms with Gasteiger partial charge in [-0.2, -0.15) is 4.98 Å². The molecule has 3 fully saturated rings. The van der Waals surface area contributed by atoms with Crippen LogP contribution < -0.4 is 5.32 Å². The average Bonchev–Trinajstić information content (AvgIpc) is 3.38. The molecule has 1 aliphatic heterocycles. The van der Waals surface area contributed by atoms with Crippen molar-refractivity contribution in [2.45, 2.75) is 57.0 Å². The van der Waals surface area contributed by atoms with Crippen molar-refractivity contribution >= 4 is 0 Å². The number of likely N-dealkylation sites (tertiary alicyclic amines) is 1. The third-order valence-electron chi connectivity index (χ3n) is 4.67. The molecule has 1 aromatic heterocycles. The number of nitrogens with zero attached hydrogens (tertiary/aromatic N) is 3. The zero-order chi connectivity index (χ0) is 13.4. The largest absolute Gasteiger partial charge is 0.339 e. The van der Waals surface area contributed by atoms with E-state index in [0.29, 0.717) is 12.0 Å². The van der Waals surface area contributed by atoms with Gasteiger partial charge in [-0.05, 0) is 57.5 Å². The van der Waals surface area contributed by atoms with Crippen LogP contribution in [0.3, 0.4) is 0 Å². The predicted molar refractivity (Wildman–Crippen MR) is 75.3 cm³/mol. The van der Waals surface area contributed by atoms with Gasteiger partial charge in [-0.1, -0.05) is 5.16 Å². The van der Waals surface area contributed by atoms with Crippen LogP contribution in [0.1, 0.15) is 56.2 Å². The molecule has 0 spiro atoms. The lowest BCUT2D eigenvalue weighted by atomic mass is 10.1. The Balaban J connectivity index is 1.28. The van der Waals surface area contributed by atoms with E-state index < -0.39 is 0 Å². The lowest BCUT2D eigenvalue weighted by molar-refractivity contribution is 0.177. The standard InChI is InChI=1S/C15H24N4O/c1-2-13(16-8-11-3-4-11)9-19(7-1)10-14-17-15(20-18-14)12-5-6-12/h11-13,16H,1-10H2/t13-/m0/s1. The summed E-state index contributed by atoms with van der Waals surface area (Å²) >= 11 is 0. The topological polar surface area (TPSA) is 54.2 Å². The normalized spacial score (nSPS) is 27.9. The van der Waals surface area contributed by atoms with Crippen LogP contribution in [0.25, 0.3) is 0 Å². The first kappa shape index (κ1) is 12.8. The smallest absolute Gasteiger partial charge is 0.229 e. The van der Waals surface area contributed by atoms with Crippen molar-refractivity contribution in [1.29, 1.82) is 0 Å². The van der Waals surface area contributed by atoms with Gasteiger partial charge in [0.15, 0.2) is 5.82 Å². The molecule has 1 atom stereocenters. The Labute approximate surface area is 120 Å². The molecule has 1 N–H and O–H groups in total. The van der Waals surface area contributed by atoms with Crippen molar-refractivity contribution in [3.63, 3.8) is 0 Å². The highest BCUT2D eigenvalue weighted by Crippen LogP contribution is 2.38. The van der Waals surface area contributed by atoms with Crippen LogP contribution >= 0.6 is 0 Å². The van der Waals surface area contributed by atoms with Crippen molar-refractivity contribution in [2.75, 3.05) is 19.6 Å². The first-order valence-electron chi connectivity index (χ1n) is 8.15. The minimum atomic E-state index is 0.561. The van der Waals surface area contributed by atoms with Crippen LogP contribution in [0, 0.1) is 5.92 Å². The van der Waals surface area contributed by atoms with Gasteiger partial charge in [0.2, 0.25) is 5.89 Å². The molecule has 110 valence electrons. The molecule has 2 aliphatic carbocycles. The first-order chi connectivity index (χ1) is 9.87. The van der Waals surface area contributed by atoms with Gasteiger partial charge in [0.1, 0.15) is 0 Å². The molecule has 1 aromatic rings. The molecular weight excluding hydrogens is 252 g/mol. The maximum atomic E-state index is 5.34. The van der Waals surface area contributed by atoms with Gasteiger partial charge in [0.25, 0.3) is 0 Å². The summed E-state index contributed by atoms with van der Waals surface area (Å²) in [5.41, 5.74) is 0. The van der Waals surface area contributed by atoms with E-state index in [-0.39, 0.29) is 0 Å². The Morgan fingerprint density at radius 1 is 1.20 bits per heavy atom. The quantitative estimate of drug-likeness (QED) is 0.860. The van der Waals surface area contributed by atoms with Gasteiger partial charge in [0.05, 0.1) is 6.54 Å². The van der Waals surface area contributed by atoms with Gasteiger partial charge in [0, 0.05) is 18.5 Å². The molecule has 20 heavy (non-hydrogen) atoms. The van der Waals surface area contributed by atoms with Crippen molar-refractivity contribution in [2.24, 2.45) is 5.92 Å². The summed E-state index contributed by atoms with van der Waals surface area (Å²) in [5.74, 6) is 3.25. The molecule has 2 heterocycles. The Morgan fingerprint density at radius 2 is 2.10 bits per heavy atom. The van der Waals surface area contributed by atoms with E-state index >= 15 is 0 Å². The SMILES string of the molecule is C1C[C@H](NCC2CC2)CN(Cc2noc(C3CC3)n2)C1. The van der Waals surface area contributed by atoms with E-state index in [2.05, 4.69) is 20.4 Å². The first-order valence-corrected chi connectivity index (χ1v) is 8.15. The fourth-order valence-corrected chi connectivity index (χ4v) is 3.05. The maximum absolute atomic E-state index is 5.34. The highest BCUT2D eigenvalue weighted by atomic mass is 16.5. The fourth-order valence-electron chi connectivity index (χ4n) is 3.05. The fraction of sp³-hybridized carbons (Fsp3) is 0.867. The number of hydrogen-bond acceptors (Lipinski definition) is 5. The maximum Gasteiger partial charge on any atom is 0.229 e. The summed E-state index contributed by atoms with van der Waals surface area (Å²) in [4.78, 5) is 7.00. The zero-order valence-electron chi connectivity index (χ0n) is 12.1. The van der Waals surface area contributed by atoms with Crippen LogP contribution in [0.4, 0.5) is 0 Å². The molecule has 5 heteroatoms. The molecule has 1 saturated heterocycles. The summed E-state index contributed by atoms with van der Waals surface area (Å²) in [6.07, 6.45) is 7.88. The molecule has 0 bridgehead atoms. The molecular formula is C15H24N4O. The Hall–Kier alpha value is -0.940. The Morgan fingerprint density at radius 3 is 2.90 bits per heavy atom. The second-order valence-electron chi connectivity index (χ2n) is 6.75. The molecule has 4 rings (SSSR count). The lowest BCUT2D eigenvalue weighted by Gasteiger charge is -2.32. The van der Waals surface area contributed by atoms with Gasteiger partial charge in [-0.25, -0.2) is 0 Å². The monoisotopic (exact) mass is 276 g/mol. The highest BCUT2D eigenvalue weighted by Gasteiger charge is 2.30. The van der Waals surface area contributed by atoms with Crippen molar-refractivity contribution in [1.82, 2.24) is 20.4 Å². The molecule has 0 amide bonds. The van der Waals surface area contributed by atoms with Gasteiger partial charge in [-0.15, -0.1) is 0 Å². The third-order valence-corrected chi connectivity index (χ3v) is 4.67. The van der Waals surface area contributed by atoms with Crippen LogP contribution in [0.5, 0.6) is 0 Å². The Bertz CT molecular complexity index is 452. The van der Waals surface area contributed by atoms with Gasteiger partial charge >= 0.3 is 0 Å². The zero-order valence-corrected chi connectivity index (χ0v) is 12.1. The van der Waals surface area contributed by atoms with Gasteiger partial charge < -0.3 is 9.84 Å². The Kier molecular flexibility index (Phi) is 3.48. The molecule has 0 aromatic carbocycles. The predicted octanol–water partition coefficient (Wildman–Crippen LogP) is 1.91. The average molecular weight is 276 g/mol. The second kappa shape index (κ2) is 5.45.